The van der Waals surface area contributed by atoms with Gasteiger partial charge >= 0.3 is 0 Å². The van der Waals surface area contributed by atoms with Gasteiger partial charge in [0.1, 0.15) is 11.5 Å². The maximum Gasteiger partial charge on any atom is 0.271 e. The molecule has 8 heteroatoms. The largest absolute Gasteiger partial charge is 0.343 e. The van der Waals surface area contributed by atoms with Gasteiger partial charge in [-0.2, -0.15) is 0 Å². The van der Waals surface area contributed by atoms with Gasteiger partial charge in [-0.25, -0.2) is 9.97 Å². The molecule has 3 rings (SSSR count). The zero-order valence-electron chi connectivity index (χ0n) is 13.0. The first kappa shape index (κ1) is 17.4. The zero-order valence-corrected chi connectivity index (χ0v) is 13.8. The highest BCUT2D eigenvalue weighted by Gasteiger charge is 2.17. The van der Waals surface area contributed by atoms with Crippen molar-refractivity contribution in [3.63, 3.8) is 0 Å². The van der Waals surface area contributed by atoms with E-state index in [1.807, 2.05) is 17.8 Å². The van der Waals surface area contributed by atoms with Crippen LogP contribution in [0.25, 0.3) is 0 Å². The highest BCUT2D eigenvalue weighted by atomic mass is 35.5. The molecule has 2 aromatic heterocycles. The molecule has 1 aliphatic rings. The second-order valence-electron chi connectivity index (χ2n) is 5.49. The SMILES string of the molecule is Cl.Cn1ccnc1CNC(=O)c1cnc(C2CCNCC2)cn1. The lowest BCUT2D eigenvalue weighted by Gasteiger charge is -2.21. The van der Waals surface area contributed by atoms with Crippen LogP contribution >= 0.6 is 12.4 Å². The number of imidazole rings is 1. The maximum atomic E-state index is 12.1. The van der Waals surface area contributed by atoms with Gasteiger partial charge in [0, 0.05) is 31.6 Å². The summed E-state index contributed by atoms with van der Waals surface area (Å²) in [6, 6.07) is 0. The topological polar surface area (TPSA) is 84.7 Å². The third-order valence-electron chi connectivity index (χ3n) is 3.99. The normalized spacial score (nSPS) is 15.0. The van der Waals surface area contributed by atoms with Crippen molar-refractivity contribution in [2.24, 2.45) is 7.05 Å². The van der Waals surface area contributed by atoms with Crippen LogP contribution < -0.4 is 10.6 Å². The molecule has 1 aliphatic heterocycles. The summed E-state index contributed by atoms with van der Waals surface area (Å²) in [5, 5.41) is 6.13. The number of piperidine rings is 1. The molecule has 0 saturated carbocycles. The Balaban J connectivity index is 0.00000192. The van der Waals surface area contributed by atoms with Crippen molar-refractivity contribution in [3.05, 3.63) is 42.0 Å². The molecule has 7 nitrogen and oxygen atoms in total. The highest BCUT2D eigenvalue weighted by molar-refractivity contribution is 5.91. The summed E-state index contributed by atoms with van der Waals surface area (Å²) in [6.07, 6.45) is 8.97. The van der Waals surface area contributed by atoms with Crippen LogP contribution in [0, 0.1) is 0 Å². The fraction of sp³-hybridized carbons (Fsp3) is 0.467. The number of carbonyl (C=O) groups excluding carboxylic acids is 1. The van der Waals surface area contributed by atoms with Crippen LogP contribution in [0.15, 0.2) is 24.8 Å². The van der Waals surface area contributed by atoms with Crippen molar-refractivity contribution in [3.8, 4) is 0 Å². The number of nitrogens with zero attached hydrogens (tertiary/aromatic N) is 4. The number of hydrogen-bond donors (Lipinski definition) is 2. The molecule has 0 unspecified atom stereocenters. The molecule has 2 N–H and O–H groups in total. The molecule has 23 heavy (non-hydrogen) atoms. The van der Waals surface area contributed by atoms with E-state index in [0.29, 0.717) is 18.2 Å². The van der Waals surface area contributed by atoms with Crippen LogP contribution in [0.4, 0.5) is 0 Å². The van der Waals surface area contributed by atoms with E-state index >= 15 is 0 Å². The van der Waals surface area contributed by atoms with E-state index in [1.54, 1.807) is 18.6 Å². The number of carbonyl (C=O) groups is 1. The molecule has 0 radical (unpaired) electrons. The number of amides is 1. The third-order valence-corrected chi connectivity index (χ3v) is 3.99. The molecule has 0 aliphatic carbocycles. The molecule has 1 saturated heterocycles. The van der Waals surface area contributed by atoms with Crippen LogP contribution in [-0.2, 0) is 13.6 Å². The molecule has 2 aromatic rings. The second-order valence-corrected chi connectivity index (χ2v) is 5.49. The highest BCUT2D eigenvalue weighted by Crippen LogP contribution is 2.22. The first-order chi connectivity index (χ1) is 10.7. The summed E-state index contributed by atoms with van der Waals surface area (Å²) in [6.45, 7) is 2.40. The van der Waals surface area contributed by atoms with Crippen molar-refractivity contribution in [1.82, 2.24) is 30.2 Å². The molecule has 0 aromatic carbocycles. The average molecular weight is 337 g/mol. The molecule has 0 bridgehead atoms. The summed E-state index contributed by atoms with van der Waals surface area (Å²) in [5.74, 6) is 1.01. The minimum atomic E-state index is -0.229. The van der Waals surface area contributed by atoms with Crippen LogP contribution in [0.1, 0.15) is 40.8 Å². The molecule has 0 spiro atoms. The van der Waals surface area contributed by atoms with E-state index in [4.69, 9.17) is 0 Å². The van der Waals surface area contributed by atoms with Crippen molar-refractivity contribution in [2.45, 2.75) is 25.3 Å². The van der Waals surface area contributed by atoms with Crippen LogP contribution in [-0.4, -0.2) is 38.5 Å². The van der Waals surface area contributed by atoms with Crippen LogP contribution in [0.2, 0.25) is 0 Å². The lowest BCUT2D eigenvalue weighted by atomic mass is 9.95. The number of aryl methyl sites for hydroxylation is 1. The smallest absolute Gasteiger partial charge is 0.271 e. The van der Waals surface area contributed by atoms with Crippen molar-refractivity contribution < 1.29 is 4.79 Å². The molecule has 0 atom stereocenters. The Morgan fingerprint density at radius 3 is 2.70 bits per heavy atom. The summed E-state index contributed by atoms with van der Waals surface area (Å²) in [5.41, 5.74) is 1.31. The van der Waals surface area contributed by atoms with E-state index in [-0.39, 0.29) is 18.3 Å². The summed E-state index contributed by atoms with van der Waals surface area (Å²) in [7, 11) is 1.89. The van der Waals surface area contributed by atoms with Gasteiger partial charge < -0.3 is 15.2 Å². The van der Waals surface area contributed by atoms with Gasteiger partial charge in [0.15, 0.2) is 0 Å². The minimum absolute atomic E-state index is 0. The monoisotopic (exact) mass is 336 g/mol. The number of hydrogen-bond acceptors (Lipinski definition) is 5. The van der Waals surface area contributed by atoms with Crippen molar-refractivity contribution >= 4 is 18.3 Å². The Hall–Kier alpha value is -1.99. The lowest BCUT2D eigenvalue weighted by Crippen LogP contribution is -2.28. The molecular weight excluding hydrogens is 316 g/mol. The van der Waals surface area contributed by atoms with E-state index in [2.05, 4.69) is 25.6 Å². The quantitative estimate of drug-likeness (QED) is 0.871. The van der Waals surface area contributed by atoms with Crippen molar-refractivity contribution in [1.29, 1.82) is 0 Å². The van der Waals surface area contributed by atoms with E-state index in [9.17, 15) is 4.79 Å². The van der Waals surface area contributed by atoms with Gasteiger partial charge in [0.05, 0.1) is 18.4 Å². The standard InChI is InChI=1S/C15H20N6O.ClH/c1-21-7-6-17-14(21)10-20-15(22)13-9-18-12(8-19-13)11-2-4-16-5-3-11;/h6-9,11,16H,2-5,10H2,1H3,(H,20,22);1H. The first-order valence-electron chi connectivity index (χ1n) is 7.51. The Bertz CT molecular complexity index is 636. The Morgan fingerprint density at radius 1 is 1.30 bits per heavy atom. The summed E-state index contributed by atoms with van der Waals surface area (Å²) < 4.78 is 1.87. The Kier molecular flexibility index (Phi) is 6.06. The fourth-order valence-electron chi connectivity index (χ4n) is 2.60. The fourth-order valence-corrected chi connectivity index (χ4v) is 2.60. The maximum absolute atomic E-state index is 12.1. The number of rotatable bonds is 4. The third kappa shape index (κ3) is 4.27. The van der Waals surface area contributed by atoms with Crippen LogP contribution in [0.3, 0.4) is 0 Å². The molecule has 3 heterocycles. The molecule has 1 amide bonds. The van der Waals surface area contributed by atoms with E-state index in [1.165, 1.54) is 0 Å². The summed E-state index contributed by atoms with van der Waals surface area (Å²) >= 11 is 0. The van der Waals surface area contributed by atoms with Gasteiger partial charge in [-0.15, -0.1) is 12.4 Å². The summed E-state index contributed by atoms with van der Waals surface area (Å²) in [4.78, 5) is 24.9. The van der Waals surface area contributed by atoms with Gasteiger partial charge in [-0.3, -0.25) is 9.78 Å². The second kappa shape index (κ2) is 8.03. The van der Waals surface area contributed by atoms with Gasteiger partial charge in [-0.1, -0.05) is 0 Å². The Labute approximate surface area is 141 Å². The molecule has 1 fully saturated rings. The van der Waals surface area contributed by atoms with E-state index in [0.717, 1.165) is 37.4 Å². The first-order valence-corrected chi connectivity index (χ1v) is 7.51. The van der Waals surface area contributed by atoms with Crippen LogP contribution in [0.5, 0.6) is 0 Å². The van der Waals surface area contributed by atoms with Gasteiger partial charge in [0.2, 0.25) is 0 Å². The average Bonchev–Trinajstić information content (AvgIpc) is 2.99. The molecular formula is C15H21ClN6O. The number of aromatic nitrogens is 4. The van der Waals surface area contributed by atoms with Gasteiger partial charge in [-0.05, 0) is 25.9 Å². The van der Waals surface area contributed by atoms with Gasteiger partial charge in [0.25, 0.3) is 5.91 Å². The number of halogens is 1. The minimum Gasteiger partial charge on any atom is -0.343 e. The lowest BCUT2D eigenvalue weighted by molar-refractivity contribution is 0.0944. The predicted molar refractivity (Wildman–Crippen MR) is 88.5 cm³/mol. The zero-order chi connectivity index (χ0) is 15.4. The van der Waals surface area contributed by atoms with E-state index < -0.39 is 0 Å². The predicted octanol–water partition coefficient (Wildman–Crippen LogP) is 1.03. The van der Waals surface area contributed by atoms with Crippen molar-refractivity contribution in [2.75, 3.05) is 13.1 Å². The Morgan fingerprint density at radius 2 is 2.09 bits per heavy atom. The molecule has 124 valence electrons. The number of nitrogens with one attached hydrogen (secondary N) is 2.